The fourth-order valence-electron chi connectivity index (χ4n) is 1.48. The number of hydrogen-bond acceptors (Lipinski definition) is 2. The summed E-state index contributed by atoms with van der Waals surface area (Å²) in [5.74, 6) is 1.19. The van der Waals surface area contributed by atoms with Gasteiger partial charge in [0, 0.05) is 16.3 Å². The van der Waals surface area contributed by atoms with Gasteiger partial charge in [-0.15, -0.1) is 0 Å². The van der Waals surface area contributed by atoms with Crippen molar-refractivity contribution in [1.82, 2.24) is 0 Å². The van der Waals surface area contributed by atoms with E-state index in [2.05, 4.69) is 11.9 Å². The smallest absolute Gasteiger partial charge is 0.250 e. The molecule has 0 aliphatic heterocycles. The Bertz CT molecular complexity index is 618. The maximum Gasteiger partial charge on any atom is 0.250 e. The Labute approximate surface area is 122 Å². The first-order valence-corrected chi connectivity index (χ1v) is 6.43. The summed E-state index contributed by atoms with van der Waals surface area (Å²) in [4.78, 5) is 11.5. The molecule has 0 spiro atoms. The average Bonchev–Trinajstić information content (AvgIpc) is 2.43. The lowest BCUT2D eigenvalue weighted by molar-refractivity contribution is -0.112. The second-order valence-electron chi connectivity index (χ2n) is 4.31. The molecule has 2 aromatic rings. The lowest BCUT2D eigenvalue weighted by Crippen LogP contribution is -2.11. The van der Waals surface area contributed by atoms with Gasteiger partial charge in [-0.1, -0.05) is 18.2 Å². The van der Waals surface area contributed by atoms with Crippen LogP contribution in [0.25, 0.3) is 0 Å². The summed E-state index contributed by atoms with van der Waals surface area (Å²) < 4.78 is 5.65. The van der Waals surface area contributed by atoms with Crippen molar-refractivity contribution in [2.24, 2.45) is 0 Å². The van der Waals surface area contributed by atoms with Crippen molar-refractivity contribution in [2.45, 2.75) is 6.92 Å². The number of amides is 1. The number of benzene rings is 2. The highest BCUT2D eigenvalue weighted by molar-refractivity contribution is 6.30. The highest BCUT2D eigenvalue weighted by atomic mass is 35.5. The van der Waals surface area contributed by atoms with Gasteiger partial charge in [0.05, 0.1) is 0 Å². The van der Waals surface area contributed by atoms with Gasteiger partial charge >= 0.3 is 0 Å². The molecular weight excluding hydrogens is 274 g/mol. The minimum atomic E-state index is -0.198. The van der Waals surface area contributed by atoms with Crippen LogP contribution >= 0.6 is 11.6 Å². The van der Waals surface area contributed by atoms with Crippen molar-refractivity contribution in [3.05, 3.63) is 65.7 Å². The number of rotatable bonds is 4. The van der Waals surface area contributed by atoms with Crippen LogP contribution in [0.3, 0.4) is 0 Å². The monoisotopic (exact) mass is 287 g/mol. The standard InChI is InChI=1S/C16H14ClNO2/c1-11(2)16(19)18-13-5-9-15(10-6-13)20-14-7-3-12(17)4-8-14/h3-10H,1H2,2H3,(H,18,19). The third-order valence-electron chi connectivity index (χ3n) is 2.55. The molecule has 2 rings (SSSR count). The third kappa shape index (κ3) is 3.87. The van der Waals surface area contributed by atoms with E-state index in [1.165, 1.54) is 0 Å². The van der Waals surface area contributed by atoms with Crippen LogP contribution in [-0.4, -0.2) is 5.91 Å². The number of carbonyl (C=O) groups is 1. The molecule has 20 heavy (non-hydrogen) atoms. The quantitative estimate of drug-likeness (QED) is 0.832. The van der Waals surface area contributed by atoms with E-state index < -0.39 is 0 Å². The first-order valence-electron chi connectivity index (χ1n) is 6.05. The molecule has 0 atom stereocenters. The van der Waals surface area contributed by atoms with Crippen molar-refractivity contribution in [3.8, 4) is 11.5 Å². The summed E-state index contributed by atoms with van der Waals surface area (Å²) in [6.07, 6.45) is 0. The van der Waals surface area contributed by atoms with E-state index in [1.54, 1.807) is 55.5 Å². The zero-order valence-corrected chi connectivity index (χ0v) is 11.8. The Morgan fingerprint density at radius 2 is 1.55 bits per heavy atom. The Hall–Kier alpha value is -2.26. The van der Waals surface area contributed by atoms with Gasteiger partial charge in [-0.3, -0.25) is 4.79 Å². The van der Waals surface area contributed by atoms with Gasteiger partial charge in [0.2, 0.25) is 0 Å². The maximum atomic E-state index is 11.5. The first kappa shape index (κ1) is 14.2. The molecule has 0 radical (unpaired) electrons. The van der Waals surface area contributed by atoms with E-state index in [4.69, 9.17) is 16.3 Å². The molecule has 0 saturated carbocycles. The molecule has 0 aliphatic carbocycles. The molecule has 102 valence electrons. The van der Waals surface area contributed by atoms with Gasteiger partial charge < -0.3 is 10.1 Å². The number of carbonyl (C=O) groups excluding carboxylic acids is 1. The number of anilines is 1. The molecule has 0 aliphatic rings. The molecule has 2 aromatic carbocycles. The molecule has 1 N–H and O–H groups in total. The Morgan fingerprint density at radius 1 is 1.05 bits per heavy atom. The molecule has 0 saturated heterocycles. The van der Waals surface area contributed by atoms with Crippen LogP contribution in [0.15, 0.2) is 60.7 Å². The third-order valence-corrected chi connectivity index (χ3v) is 2.80. The second kappa shape index (κ2) is 6.26. The van der Waals surface area contributed by atoms with E-state index in [1.807, 2.05) is 0 Å². The fourth-order valence-corrected chi connectivity index (χ4v) is 1.61. The van der Waals surface area contributed by atoms with Crippen LogP contribution in [-0.2, 0) is 4.79 Å². The van der Waals surface area contributed by atoms with E-state index in [0.29, 0.717) is 27.8 Å². The Balaban J connectivity index is 2.03. The first-order chi connectivity index (χ1) is 9.54. The molecular formula is C16H14ClNO2. The minimum Gasteiger partial charge on any atom is -0.457 e. The summed E-state index contributed by atoms with van der Waals surface area (Å²) in [6.45, 7) is 5.24. The van der Waals surface area contributed by atoms with Crippen LogP contribution in [0.1, 0.15) is 6.92 Å². The van der Waals surface area contributed by atoms with Crippen LogP contribution in [0.2, 0.25) is 5.02 Å². The van der Waals surface area contributed by atoms with Crippen LogP contribution in [0.5, 0.6) is 11.5 Å². The number of halogens is 1. The minimum absolute atomic E-state index is 0.198. The molecule has 4 heteroatoms. The van der Waals surface area contributed by atoms with Gasteiger partial charge in [0.1, 0.15) is 11.5 Å². The fraction of sp³-hybridized carbons (Fsp3) is 0.0625. The molecule has 0 bridgehead atoms. The molecule has 0 unspecified atom stereocenters. The summed E-state index contributed by atoms with van der Waals surface area (Å²) in [5, 5.41) is 3.39. The lowest BCUT2D eigenvalue weighted by atomic mass is 10.2. The second-order valence-corrected chi connectivity index (χ2v) is 4.75. The average molecular weight is 288 g/mol. The van der Waals surface area contributed by atoms with Crippen LogP contribution in [0.4, 0.5) is 5.69 Å². The zero-order chi connectivity index (χ0) is 14.5. The molecule has 0 aromatic heterocycles. The number of hydrogen-bond donors (Lipinski definition) is 1. The SMILES string of the molecule is C=C(C)C(=O)Nc1ccc(Oc2ccc(Cl)cc2)cc1. The predicted molar refractivity (Wildman–Crippen MR) is 81.4 cm³/mol. The molecule has 3 nitrogen and oxygen atoms in total. The number of ether oxygens (including phenoxy) is 1. The van der Waals surface area contributed by atoms with E-state index in [-0.39, 0.29) is 5.91 Å². The van der Waals surface area contributed by atoms with Crippen molar-refractivity contribution in [1.29, 1.82) is 0 Å². The maximum absolute atomic E-state index is 11.5. The largest absolute Gasteiger partial charge is 0.457 e. The normalized spacial score (nSPS) is 9.90. The molecule has 1 amide bonds. The number of nitrogens with one attached hydrogen (secondary N) is 1. The summed E-state index contributed by atoms with van der Waals surface area (Å²) >= 11 is 5.81. The lowest BCUT2D eigenvalue weighted by Gasteiger charge is -2.08. The van der Waals surface area contributed by atoms with Gasteiger partial charge in [-0.25, -0.2) is 0 Å². The van der Waals surface area contributed by atoms with Crippen molar-refractivity contribution in [3.63, 3.8) is 0 Å². The highest BCUT2D eigenvalue weighted by Crippen LogP contribution is 2.24. The van der Waals surface area contributed by atoms with Gasteiger partial charge in [0.25, 0.3) is 5.91 Å². The predicted octanol–water partition coefficient (Wildman–Crippen LogP) is 4.65. The van der Waals surface area contributed by atoms with Gasteiger partial charge in [-0.2, -0.15) is 0 Å². The Kier molecular flexibility index (Phi) is 4.43. The molecule has 0 heterocycles. The summed E-state index contributed by atoms with van der Waals surface area (Å²) in [6, 6.07) is 14.2. The van der Waals surface area contributed by atoms with E-state index in [0.717, 1.165) is 0 Å². The van der Waals surface area contributed by atoms with Gasteiger partial charge in [0.15, 0.2) is 0 Å². The molecule has 0 fully saturated rings. The topological polar surface area (TPSA) is 38.3 Å². The van der Waals surface area contributed by atoms with Crippen molar-refractivity contribution >= 4 is 23.2 Å². The van der Waals surface area contributed by atoms with Crippen LogP contribution in [0, 0.1) is 0 Å². The van der Waals surface area contributed by atoms with Crippen molar-refractivity contribution < 1.29 is 9.53 Å². The van der Waals surface area contributed by atoms with Crippen molar-refractivity contribution in [2.75, 3.05) is 5.32 Å². The zero-order valence-electron chi connectivity index (χ0n) is 11.0. The Morgan fingerprint density at radius 3 is 2.05 bits per heavy atom. The summed E-state index contributed by atoms with van der Waals surface area (Å²) in [5.41, 5.74) is 1.16. The highest BCUT2D eigenvalue weighted by Gasteiger charge is 2.03. The van der Waals surface area contributed by atoms with E-state index in [9.17, 15) is 4.79 Å². The van der Waals surface area contributed by atoms with Crippen LogP contribution < -0.4 is 10.1 Å². The van der Waals surface area contributed by atoms with Gasteiger partial charge in [-0.05, 0) is 55.5 Å². The summed E-state index contributed by atoms with van der Waals surface area (Å²) in [7, 11) is 0. The van der Waals surface area contributed by atoms with E-state index >= 15 is 0 Å².